The van der Waals surface area contributed by atoms with Gasteiger partial charge in [0.1, 0.15) is 22.9 Å². The number of aliphatic hydroxyl groups is 1. The molecule has 0 radical (unpaired) electrons. The van der Waals surface area contributed by atoms with Crippen LogP contribution in [0.15, 0.2) is 22.9 Å². The number of ether oxygens (including phenoxy) is 1. The lowest BCUT2D eigenvalue weighted by molar-refractivity contribution is 0.0578. The molecule has 1 spiro atoms. The molecule has 1 fully saturated rings. The van der Waals surface area contributed by atoms with Crippen LogP contribution >= 0.6 is 11.3 Å². The van der Waals surface area contributed by atoms with Gasteiger partial charge in [-0.15, -0.1) is 11.3 Å². The second-order valence-electron chi connectivity index (χ2n) is 13.5. The highest BCUT2D eigenvalue weighted by atomic mass is 32.1. The van der Waals surface area contributed by atoms with Crippen molar-refractivity contribution in [3.05, 3.63) is 45.6 Å². The van der Waals surface area contributed by atoms with Gasteiger partial charge in [-0.05, 0) is 97.4 Å². The minimum atomic E-state index is -0.913. The second kappa shape index (κ2) is 11.2. The Kier molecular flexibility index (Phi) is 7.46. The molecule has 3 aliphatic rings. The first-order valence-electron chi connectivity index (χ1n) is 15.9. The number of thiophene rings is 1. The summed E-state index contributed by atoms with van der Waals surface area (Å²) >= 11 is 1.54. The van der Waals surface area contributed by atoms with Crippen molar-refractivity contribution in [3.8, 4) is 34.9 Å². The maximum absolute atomic E-state index is 10.3. The monoisotopic (exact) mass is 628 g/mol. The number of likely N-dealkylation sites (N-methyl/N-ethyl adjacent to an activating group) is 1. The van der Waals surface area contributed by atoms with Crippen molar-refractivity contribution >= 4 is 16.3 Å². The number of nitrogens with zero attached hydrogens (tertiary/aromatic N) is 7. The number of fused-ring (bicyclic) bond motifs is 4. The summed E-state index contributed by atoms with van der Waals surface area (Å²) < 4.78 is 14.4. The van der Waals surface area contributed by atoms with E-state index in [9.17, 15) is 10.4 Å². The van der Waals surface area contributed by atoms with Gasteiger partial charge in [0.2, 0.25) is 17.5 Å². The Bertz CT molecular complexity index is 1770. The topological polar surface area (TPSA) is 152 Å². The quantitative estimate of drug-likeness (QED) is 0.283. The Morgan fingerprint density at radius 3 is 2.78 bits per heavy atom. The Balaban J connectivity index is 1.32. The van der Waals surface area contributed by atoms with E-state index >= 15 is 0 Å². The standard InChI is InChI=1S/C33H40N8O3S/c1-19(24-9-7-14-40(24)4)43-26-16-23(22-11-15-41(38-22)18-32(2,3)42)36-31(37-26)28-20-8-5-12-33(29(20)39-44-28)13-6-10-25-27(33)21(17-34)30(35)45-25/h11,15-16,19,24,42H,5-10,12-14,18,35H2,1-4H3/t19-,24-,33-/m0/s1. The highest BCUT2D eigenvalue weighted by molar-refractivity contribution is 7.16. The Morgan fingerprint density at radius 2 is 2.04 bits per heavy atom. The fraction of sp³-hybridized carbons (Fsp3) is 0.545. The zero-order valence-electron chi connectivity index (χ0n) is 26.3. The third-order valence-electron chi connectivity index (χ3n) is 9.66. The van der Waals surface area contributed by atoms with Crippen LogP contribution in [0.2, 0.25) is 0 Å². The first-order chi connectivity index (χ1) is 21.6. The van der Waals surface area contributed by atoms with Crippen LogP contribution in [-0.4, -0.2) is 66.3 Å². The second-order valence-corrected chi connectivity index (χ2v) is 14.7. The van der Waals surface area contributed by atoms with E-state index in [0.717, 1.165) is 74.7 Å². The van der Waals surface area contributed by atoms with Crippen molar-refractivity contribution in [2.24, 2.45) is 0 Å². The summed E-state index contributed by atoms with van der Waals surface area (Å²) in [7, 11) is 2.13. The number of nitriles is 1. The van der Waals surface area contributed by atoms with Gasteiger partial charge in [-0.2, -0.15) is 15.3 Å². The number of hydrogen-bond acceptors (Lipinski definition) is 11. The third kappa shape index (κ3) is 5.30. The van der Waals surface area contributed by atoms with Crippen LogP contribution < -0.4 is 10.5 Å². The normalized spacial score (nSPS) is 22.3. The van der Waals surface area contributed by atoms with Crippen molar-refractivity contribution in [1.29, 1.82) is 5.26 Å². The van der Waals surface area contributed by atoms with Crippen LogP contribution in [0.5, 0.6) is 5.88 Å². The number of aryl methyl sites for hydroxylation is 1. The van der Waals surface area contributed by atoms with Crippen LogP contribution in [0.1, 0.15) is 86.6 Å². The maximum atomic E-state index is 10.3. The molecule has 1 aliphatic heterocycles. The van der Waals surface area contributed by atoms with Crippen molar-refractivity contribution in [2.45, 2.75) is 102 Å². The molecular weight excluding hydrogens is 588 g/mol. The molecule has 1 saturated heterocycles. The van der Waals surface area contributed by atoms with Gasteiger partial charge < -0.3 is 20.1 Å². The van der Waals surface area contributed by atoms with Crippen LogP contribution in [-0.2, 0) is 24.8 Å². The highest BCUT2D eigenvalue weighted by Gasteiger charge is 2.48. The van der Waals surface area contributed by atoms with E-state index in [-0.39, 0.29) is 6.10 Å². The van der Waals surface area contributed by atoms with Gasteiger partial charge in [-0.1, -0.05) is 5.16 Å². The molecule has 0 aromatic carbocycles. The van der Waals surface area contributed by atoms with E-state index in [1.807, 2.05) is 18.3 Å². The lowest BCUT2D eigenvalue weighted by Gasteiger charge is -2.39. The minimum Gasteiger partial charge on any atom is -0.473 e. The van der Waals surface area contributed by atoms with Gasteiger partial charge in [-0.25, -0.2) is 4.98 Å². The van der Waals surface area contributed by atoms with Gasteiger partial charge >= 0.3 is 0 Å². The predicted molar refractivity (Wildman–Crippen MR) is 171 cm³/mol. The van der Waals surface area contributed by atoms with Crippen molar-refractivity contribution in [3.63, 3.8) is 0 Å². The van der Waals surface area contributed by atoms with E-state index in [1.165, 1.54) is 16.2 Å². The molecule has 4 aromatic rings. The van der Waals surface area contributed by atoms with Crippen molar-refractivity contribution in [2.75, 3.05) is 19.3 Å². The molecule has 3 atom stereocenters. The smallest absolute Gasteiger partial charge is 0.217 e. The molecule has 11 nitrogen and oxygen atoms in total. The van der Waals surface area contributed by atoms with Gasteiger partial charge in [-0.3, -0.25) is 9.58 Å². The lowest BCUT2D eigenvalue weighted by Crippen LogP contribution is -2.38. The number of likely N-dealkylation sites (tertiary alicyclic amines) is 1. The van der Waals surface area contributed by atoms with Crippen LogP contribution in [0.4, 0.5) is 5.00 Å². The first kappa shape index (κ1) is 29.9. The minimum absolute atomic E-state index is 0.0816. The summed E-state index contributed by atoms with van der Waals surface area (Å²) in [5.74, 6) is 1.39. The van der Waals surface area contributed by atoms with Crippen LogP contribution in [0.25, 0.3) is 23.0 Å². The van der Waals surface area contributed by atoms with Crippen molar-refractivity contribution < 1.29 is 14.4 Å². The number of aromatic nitrogens is 5. The molecule has 236 valence electrons. The molecule has 0 saturated carbocycles. The number of hydrogen-bond donors (Lipinski definition) is 2. The van der Waals surface area contributed by atoms with Gasteiger partial charge in [0.25, 0.3) is 0 Å². The molecule has 4 aromatic heterocycles. The summed E-state index contributed by atoms with van der Waals surface area (Å²) in [5.41, 5.74) is 9.78. The van der Waals surface area contributed by atoms with E-state index in [0.29, 0.717) is 52.0 Å². The maximum Gasteiger partial charge on any atom is 0.217 e. The number of nitrogens with two attached hydrogens (primary N) is 1. The molecule has 5 heterocycles. The van der Waals surface area contributed by atoms with Crippen LogP contribution in [0.3, 0.4) is 0 Å². The molecule has 12 heteroatoms. The molecule has 3 N–H and O–H groups in total. The number of anilines is 1. The Hall–Kier alpha value is -3.79. The predicted octanol–water partition coefficient (Wildman–Crippen LogP) is 5.10. The fourth-order valence-corrected chi connectivity index (χ4v) is 8.89. The van der Waals surface area contributed by atoms with Crippen LogP contribution in [0, 0.1) is 11.3 Å². The summed E-state index contributed by atoms with van der Waals surface area (Å²) in [6.45, 7) is 6.99. The zero-order valence-corrected chi connectivity index (χ0v) is 27.2. The Labute approximate surface area is 267 Å². The van der Waals surface area contributed by atoms with E-state index < -0.39 is 11.0 Å². The van der Waals surface area contributed by atoms with E-state index in [4.69, 9.17) is 35.2 Å². The lowest BCUT2D eigenvalue weighted by atomic mass is 9.62. The summed E-state index contributed by atoms with van der Waals surface area (Å²) in [4.78, 5) is 13.4. The SMILES string of the molecule is C[C@H](Oc1cc(-c2ccn(CC(C)(C)O)n2)nc(-c2onc3c2CCC[C@@]32CCCc3sc(N)c(C#N)c32)n1)[C@@H]1CCCN1C. The summed E-state index contributed by atoms with van der Waals surface area (Å²) in [5, 5.41) is 30.4. The van der Waals surface area contributed by atoms with Gasteiger partial charge in [0, 0.05) is 34.2 Å². The largest absolute Gasteiger partial charge is 0.473 e. The molecule has 2 aliphatic carbocycles. The van der Waals surface area contributed by atoms with Gasteiger partial charge in [0.05, 0.1) is 29.1 Å². The zero-order chi connectivity index (χ0) is 31.5. The van der Waals surface area contributed by atoms with Gasteiger partial charge in [0.15, 0.2) is 0 Å². The van der Waals surface area contributed by atoms with E-state index in [2.05, 4.69) is 24.9 Å². The summed E-state index contributed by atoms with van der Waals surface area (Å²) in [6, 6.07) is 6.40. The Morgan fingerprint density at radius 1 is 1.24 bits per heavy atom. The first-order valence-corrected chi connectivity index (χ1v) is 16.7. The average molecular weight is 629 g/mol. The fourth-order valence-electron chi connectivity index (χ4n) is 7.73. The average Bonchev–Trinajstić information content (AvgIpc) is 3.78. The molecule has 0 unspecified atom stereocenters. The number of rotatable bonds is 7. The van der Waals surface area contributed by atoms with E-state index in [1.54, 1.807) is 18.5 Å². The third-order valence-corrected chi connectivity index (χ3v) is 10.7. The summed E-state index contributed by atoms with van der Waals surface area (Å²) in [6.07, 6.45) is 9.39. The molecule has 45 heavy (non-hydrogen) atoms. The molecule has 0 bridgehead atoms. The van der Waals surface area contributed by atoms with Crippen molar-refractivity contribution in [1.82, 2.24) is 29.8 Å². The molecule has 7 rings (SSSR count). The molecular formula is C33H40N8O3S. The number of nitrogen functional groups attached to an aromatic ring is 1. The highest BCUT2D eigenvalue weighted by Crippen LogP contribution is 2.54. The molecule has 0 amide bonds.